The summed E-state index contributed by atoms with van der Waals surface area (Å²) in [5.74, 6) is 0. The molecule has 1 atom stereocenters. The predicted octanol–water partition coefficient (Wildman–Crippen LogP) is 2.35. The number of rotatable bonds is 4. The molecule has 0 bridgehead atoms. The number of aliphatic hydroxyl groups is 1. The summed E-state index contributed by atoms with van der Waals surface area (Å²) in [5.41, 5.74) is 0.120. The molecule has 1 aliphatic rings. The monoisotopic (exact) mass is 186 g/mol. The maximum Gasteiger partial charge on any atom is 0.0827 e. The van der Waals surface area contributed by atoms with E-state index in [1.807, 2.05) is 13.8 Å². The molecule has 0 spiro atoms. The summed E-state index contributed by atoms with van der Waals surface area (Å²) in [6.07, 6.45) is 4.76. The Morgan fingerprint density at radius 1 is 1.31 bits per heavy atom. The molecule has 0 aromatic rings. The average Bonchev–Trinajstić information content (AvgIpc) is 2.49. The molecule has 1 saturated carbocycles. The molecule has 1 N–H and O–H groups in total. The van der Waals surface area contributed by atoms with Crippen molar-refractivity contribution in [1.29, 1.82) is 0 Å². The van der Waals surface area contributed by atoms with Gasteiger partial charge in [0.1, 0.15) is 0 Å². The molecule has 0 amide bonds. The van der Waals surface area contributed by atoms with Crippen LogP contribution in [0.15, 0.2) is 0 Å². The van der Waals surface area contributed by atoms with E-state index in [4.69, 9.17) is 4.74 Å². The molecule has 1 fully saturated rings. The molecule has 2 heteroatoms. The minimum atomic E-state index is -0.280. The van der Waals surface area contributed by atoms with Crippen LogP contribution in [0, 0.1) is 5.41 Å². The quantitative estimate of drug-likeness (QED) is 0.730. The van der Waals surface area contributed by atoms with Crippen LogP contribution in [0.3, 0.4) is 0 Å². The fraction of sp³-hybridized carbons (Fsp3) is 1.00. The van der Waals surface area contributed by atoms with Crippen LogP contribution in [0.25, 0.3) is 0 Å². The summed E-state index contributed by atoms with van der Waals surface area (Å²) in [6.45, 7) is 6.68. The highest BCUT2D eigenvalue weighted by atomic mass is 16.5. The van der Waals surface area contributed by atoms with Gasteiger partial charge in [-0.3, -0.25) is 0 Å². The van der Waals surface area contributed by atoms with Gasteiger partial charge in [0.15, 0.2) is 0 Å². The van der Waals surface area contributed by atoms with Crippen molar-refractivity contribution < 1.29 is 9.84 Å². The van der Waals surface area contributed by atoms with E-state index in [0.717, 1.165) is 12.8 Å². The Labute approximate surface area is 81.3 Å². The van der Waals surface area contributed by atoms with Gasteiger partial charge < -0.3 is 9.84 Å². The van der Waals surface area contributed by atoms with Gasteiger partial charge >= 0.3 is 0 Å². The van der Waals surface area contributed by atoms with Gasteiger partial charge in [-0.25, -0.2) is 0 Å². The van der Waals surface area contributed by atoms with Gasteiger partial charge in [-0.1, -0.05) is 19.8 Å². The number of hydrogen-bond acceptors (Lipinski definition) is 2. The summed E-state index contributed by atoms with van der Waals surface area (Å²) in [7, 11) is 0. The first-order valence-corrected chi connectivity index (χ1v) is 5.34. The normalized spacial score (nSPS) is 23.8. The van der Waals surface area contributed by atoms with Gasteiger partial charge in [0, 0.05) is 0 Å². The fourth-order valence-corrected chi connectivity index (χ4v) is 2.00. The van der Waals surface area contributed by atoms with Crippen molar-refractivity contribution in [3.8, 4) is 0 Å². The molecule has 0 aromatic carbocycles. The summed E-state index contributed by atoms with van der Waals surface area (Å²) >= 11 is 0. The lowest BCUT2D eigenvalue weighted by atomic mass is 9.83. The second-order valence-electron chi connectivity index (χ2n) is 4.76. The van der Waals surface area contributed by atoms with Crippen LogP contribution in [0.4, 0.5) is 0 Å². The van der Waals surface area contributed by atoms with E-state index >= 15 is 0 Å². The van der Waals surface area contributed by atoms with E-state index in [1.165, 1.54) is 12.8 Å². The Morgan fingerprint density at radius 2 is 1.85 bits per heavy atom. The van der Waals surface area contributed by atoms with E-state index < -0.39 is 0 Å². The maximum absolute atomic E-state index is 9.93. The fourth-order valence-electron chi connectivity index (χ4n) is 2.00. The van der Waals surface area contributed by atoms with Crippen LogP contribution in [0.5, 0.6) is 0 Å². The SMILES string of the molecule is CC(C)OCC(O)C1(C)CCCC1. The third-order valence-corrected chi connectivity index (χ3v) is 3.14. The molecule has 1 rings (SSSR count). The summed E-state index contributed by atoms with van der Waals surface area (Å²) in [5, 5.41) is 9.93. The first-order chi connectivity index (χ1) is 6.04. The van der Waals surface area contributed by atoms with Crippen LogP contribution < -0.4 is 0 Å². The zero-order valence-corrected chi connectivity index (χ0v) is 9.05. The zero-order valence-electron chi connectivity index (χ0n) is 9.05. The lowest BCUT2D eigenvalue weighted by molar-refractivity contribution is -0.0498. The molecule has 0 aliphatic heterocycles. The van der Waals surface area contributed by atoms with E-state index in [-0.39, 0.29) is 17.6 Å². The van der Waals surface area contributed by atoms with Gasteiger partial charge in [0.2, 0.25) is 0 Å². The van der Waals surface area contributed by atoms with Gasteiger partial charge in [0.25, 0.3) is 0 Å². The highest BCUT2D eigenvalue weighted by molar-refractivity contribution is 4.86. The van der Waals surface area contributed by atoms with Gasteiger partial charge in [0.05, 0.1) is 18.8 Å². The molecular weight excluding hydrogens is 164 g/mol. The third-order valence-electron chi connectivity index (χ3n) is 3.14. The minimum Gasteiger partial charge on any atom is -0.390 e. The Balaban J connectivity index is 2.33. The first kappa shape index (κ1) is 11.0. The summed E-state index contributed by atoms with van der Waals surface area (Å²) < 4.78 is 5.43. The lowest BCUT2D eigenvalue weighted by Crippen LogP contribution is -2.34. The molecule has 13 heavy (non-hydrogen) atoms. The Kier molecular flexibility index (Phi) is 3.74. The topological polar surface area (TPSA) is 29.5 Å². The van der Waals surface area contributed by atoms with Gasteiger partial charge in [-0.15, -0.1) is 0 Å². The van der Waals surface area contributed by atoms with E-state index in [9.17, 15) is 5.11 Å². The molecule has 1 aliphatic carbocycles. The summed E-state index contributed by atoms with van der Waals surface area (Å²) in [4.78, 5) is 0. The van der Waals surface area contributed by atoms with Crippen LogP contribution in [-0.2, 0) is 4.74 Å². The average molecular weight is 186 g/mol. The van der Waals surface area contributed by atoms with Crippen molar-refractivity contribution in [2.24, 2.45) is 5.41 Å². The zero-order chi connectivity index (χ0) is 9.90. The van der Waals surface area contributed by atoms with E-state index in [0.29, 0.717) is 6.61 Å². The molecule has 1 unspecified atom stereocenters. The van der Waals surface area contributed by atoms with Crippen molar-refractivity contribution >= 4 is 0 Å². The molecule has 78 valence electrons. The van der Waals surface area contributed by atoms with Crippen molar-refractivity contribution in [1.82, 2.24) is 0 Å². The standard InChI is InChI=1S/C11H22O2/c1-9(2)13-8-10(12)11(3)6-4-5-7-11/h9-10,12H,4-8H2,1-3H3. The first-order valence-electron chi connectivity index (χ1n) is 5.34. The Hall–Kier alpha value is -0.0800. The van der Waals surface area contributed by atoms with Crippen LogP contribution in [0.2, 0.25) is 0 Å². The number of aliphatic hydroxyl groups excluding tert-OH is 1. The maximum atomic E-state index is 9.93. The lowest BCUT2D eigenvalue weighted by Gasteiger charge is -2.30. The molecule has 0 radical (unpaired) electrons. The summed E-state index contributed by atoms with van der Waals surface area (Å²) in [6, 6.07) is 0. The minimum absolute atomic E-state index is 0.120. The highest BCUT2D eigenvalue weighted by Crippen LogP contribution is 2.40. The van der Waals surface area contributed by atoms with E-state index in [2.05, 4.69) is 6.92 Å². The largest absolute Gasteiger partial charge is 0.390 e. The van der Waals surface area contributed by atoms with Gasteiger partial charge in [-0.05, 0) is 32.1 Å². The van der Waals surface area contributed by atoms with Crippen LogP contribution in [-0.4, -0.2) is 23.9 Å². The van der Waals surface area contributed by atoms with Crippen molar-refractivity contribution in [2.45, 2.75) is 58.7 Å². The molecular formula is C11H22O2. The van der Waals surface area contributed by atoms with Crippen LogP contribution >= 0.6 is 0 Å². The molecule has 0 heterocycles. The highest BCUT2D eigenvalue weighted by Gasteiger charge is 2.35. The van der Waals surface area contributed by atoms with Crippen molar-refractivity contribution in [3.63, 3.8) is 0 Å². The molecule has 0 saturated heterocycles. The Bertz CT molecular complexity index is 148. The number of ether oxygens (including phenoxy) is 1. The molecule has 0 aromatic heterocycles. The second-order valence-corrected chi connectivity index (χ2v) is 4.76. The second kappa shape index (κ2) is 4.43. The van der Waals surface area contributed by atoms with E-state index in [1.54, 1.807) is 0 Å². The van der Waals surface area contributed by atoms with Crippen molar-refractivity contribution in [2.75, 3.05) is 6.61 Å². The Morgan fingerprint density at radius 3 is 2.31 bits per heavy atom. The molecule has 2 nitrogen and oxygen atoms in total. The third kappa shape index (κ3) is 2.96. The predicted molar refractivity (Wildman–Crippen MR) is 53.7 cm³/mol. The van der Waals surface area contributed by atoms with Crippen LogP contribution in [0.1, 0.15) is 46.5 Å². The van der Waals surface area contributed by atoms with Gasteiger partial charge in [-0.2, -0.15) is 0 Å². The smallest absolute Gasteiger partial charge is 0.0827 e. The number of hydrogen-bond donors (Lipinski definition) is 1. The van der Waals surface area contributed by atoms with Crippen molar-refractivity contribution in [3.05, 3.63) is 0 Å².